The minimum Gasteiger partial charge on any atom is -0.341 e. The second-order valence-corrected chi connectivity index (χ2v) is 8.92. The van der Waals surface area contributed by atoms with Gasteiger partial charge in [-0.15, -0.1) is 0 Å². The molecule has 0 fully saturated rings. The molecule has 1 aromatic carbocycles. The lowest BCUT2D eigenvalue weighted by Gasteiger charge is -2.20. The number of nitrogens with zero attached hydrogens (tertiary/aromatic N) is 2. The Morgan fingerprint density at radius 3 is 2.57 bits per heavy atom. The highest BCUT2D eigenvalue weighted by Crippen LogP contribution is 2.22. The van der Waals surface area contributed by atoms with Gasteiger partial charge in [-0.2, -0.15) is 5.26 Å². The van der Waals surface area contributed by atoms with E-state index in [1.54, 1.807) is 31.2 Å². The number of nitrogens with one attached hydrogen (secondary N) is 2. The molecule has 8 nitrogen and oxygen atoms in total. The summed E-state index contributed by atoms with van der Waals surface area (Å²) in [6.07, 6.45) is 1.83. The fourth-order valence-corrected chi connectivity index (χ4v) is 3.89. The first-order chi connectivity index (χ1) is 13.2. The monoisotopic (exact) mass is 404 g/mol. The zero-order valence-corrected chi connectivity index (χ0v) is 16.9. The molecule has 0 saturated heterocycles. The molecule has 2 aromatic rings. The minimum absolute atomic E-state index is 0.0667. The third kappa shape index (κ3) is 4.70. The van der Waals surface area contributed by atoms with Crippen molar-refractivity contribution in [2.45, 2.75) is 33.2 Å². The second kappa shape index (κ2) is 8.89. The molecule has 28 heavy (non-hydrogen) atoms. The summed E-state index contributed by atoms with van der Waals surface area (Å²) >= 11 is 0. The molecule has 2 rings (SSSR count). The van der Waals surface area contributed by atoms with E-state index in [9.17, 15) is 18.0 Å². The van der Waals surface area contributed by atoms with E-state index in [-0.39, 0.29) is 23.8 Å². The van der Waals surface area contributed by atoms with Gasteiger partial charge in [0.05, 0.1) is 17.3 Å². The zero-order valence-electron chi connectivity index (χ0n) is 16.1. The fourth-order valence-electron chi connectivity index (χ4n) is 2.91. The smallest absolute Gasteiger partial charge is 0.252 e. The Labute approximate surface area is 164 Å². The number of rotatable bonds is 8. The van der Waals surface area contributed by atoms with E-state index < -0.39 is 27.9 Å². The summed E-state index contributed by atoms with van der Waals surface area (Å²) in [5.74, 6) is -0.829. The van der Waals surface area contributed by atoms with Crippen LogP contribution >= 0.6 is 0 Å². The van der Waals surface area contributed by atoms with Gasteiger partial charge in [0.25, 0.3) is 5.91 Å². The van der Waals surface area contributed by atoms with E-state index in [2.05, 4.69) is 10.6 Å². The number of hydrogen-bond acceptors (Lipinski definition) is 5. The Morgan fingerprint density at radius 1 is 1.25 bits per heavy atom. The maximum absolute atomic E-state index is 12.8. The molecular formula is C19H24N4O4S. The lowest BCUT2D eigenvalue weighted by molar-refractivity contribution is -0.123. The molecule has 0 aliphatic rings. The van der Waals surface area contributed by atoms with Crippen LogP contribution in [0.15, 0.2) is 30.5 Å². The van der Waals surface area contributed by atoms with Crippen LogP contribution in [0.3, 0.4) is 0 Å². The van der Waals surface area contributed by atoms with Crippen molar-refractivity contribution in [1.82, 2.24) is 14.6 Å². The van der Waals surface area contributed by atoms with Gasteiger partial charge in [0, 0.05) is 17.1 Å². The number of hydrogen-bond donors (Lipinski definition) is 2. The van der Waals surface area contributed by atoms with Crippen molar-refractivity contribution in [2.24, 2.45) is 5.92 Å². The van der Waals surface area contributed by atoms with Gasteiger partial charge in [-0.3, -0.25) is 9.59 Å². The molecule has 0 spiro atoms. The highest BCUT2D eigenvalue weighted by atomic mass is 32.2. The Hall–Kier alpha value is -2.86. The van der Waals surface area contributed by atoms with E-state index in [1.165, 1.54) is 6.20 Å². The molecule has 0 radical (unpaired) electrons. The average Bonchev–Trinajstić information content (AvgIpc) is 3.10. The number of nitriles is 1. The highest BCUT2D eigenvalue weighted by Gasteiger charge is 2.24. The van der Waals surface area contributed by atoms with Crippen LogP contribution < -0.4 is 10.6 Å². The number of carbonyl (C=O) groups is 2. The molecule has 0 aliphatic heterocycles. The van der Waals surface area contributed by atoms with Crippen molar-refractivity contribution in [2.75, 3.05) is 12.3 Å². The van der Waals surface area contributed by atoms with E-state index in [4.69, 9.17) is 5.26 Å². The Kier molecular flexibility index (Phi) is 6.80. The highest BCUT2D eigenvalue weighted by molar-refractivity contribution is 7.90. The summed E-state index contributed by atoms with van der Waals surface area (Å²) in [6.45, 7) is 5.25. The molecule has 150 valence electrons. The molecule has 0 saturated carbocycles. The Morgan fingerprint density at radius 2 is 1.96 bits per heavy atom. The zero-order chi connectivity index (χ0) is 20.9. The summed E-state index contributed by atoms with van der Waals surface area (Å²) in [5.41, 5.74) is 0.688. The predicted molar refractivity (Wildman–Crippen MR) is 106 cm³/mol. The van der Waals surface area contributed by atoms with Crippen molar-refractivity contribution in [1.29, 1.82) is 5.26 Å². The predicted octanol–water partition coefficient (Wildman–Crippen LogP) is 1.62. The largest absolute Gasteiger partial charge is 0.341 e. The molecule has 1 heterocycles. The number of amides is 2. The summed E-state index contributed by atoms with van der Waals surface area (Å²) in [5, 5.41) is 14.3. The molecule has 0 aliphatic carbocycles. The van der Waals surface area contributed by atoms with Crippen molar-refractivity contribution in [3.05, 3.63) is 36.0 Å². The number of aromatic nitrogens is 1. The van der Waals surface area contributed by atoms with Gasteiger partial charge in [-0.25, -0.2) is 12.4 Å². The van der Waals surface area contributed by atoms with E-state index in [0.29, 0.717) is 17.3 Å². The van der Waals surface area contributed by atoms with Gasteiger partial charge >= 0.3 is 0 Å². The molecule has 1 atom stereocenters. The maximum Gasteiger partial charge on any atom is 0.252 e. The van der Waals surface area contributed by atoms with Crippen LogP contribution in [-0.2, 0) is 14.8 Å². The molecule has 9 heteroatoms. The normalized spacial score (nSPS) is 12.5. The van der Waals surface area contributed by atoms with Crippen molar-refractivity contribution in [3.63, 3.8) is 0 Å². The van der Waals surface area contributed by atoms with Gasteiger partial charge in [0.1, 0.15) is 12.6 Å². The van der Waals surface area contributed by atoms with Crippen molar-refractivity contribution >= 4 is 32.7 Å². The van der Waals surface area contributed by atoms with Crippen LogP contribution in [0, 0.1) is 17.2 Å². The topological polar surface area (TPSA) is 121 Å². The van der Waals surface area contributed by atoms with Crippen molar-refractivity contribution in [3.8, 4) is 6.07 Å². The summed E-state index contributed by atoms with van der Waals surface area (Å²) in [6, 6.07) is 7.43. The molecular weight excluding hydrogens is 380 g/mol. The lowest BCUT2D eigenvalue weighted by atomic mass is 10.0. The van der Waals surface area contributed by atoms with Crippen LogP contribution in [0.1, 0.15) is 37.6 Å². The van der Waals surface area contributed by atoms with Crippen LogP contribution in [0.2, 0.25) is 0 Å². The number of carbonyl (C=O) groups excluding carboxylic acids is 2. The summed E-state index contributed by atoms with van der Waals surface area (Å²) < 4.78 is 25.6. The summed E-state index contributed by atoms with van der Waals surface area (Å²) in [4.78, 5) is 25.1. The number of fused-ring (bicyclic) bond motifs is 1. The third-order valence-corrected chi connectivity index (χ3v) is 5.92. The van der Waals surface area contributed by atoms with Gasteiger partial charge in [0.15, 0.2) is 0 Å². The molecule has 1 aromatic heterocycles. The minimum atomic E-state index is -3.50. The van der Waals surface area contributed by atoms with Crippen LogP contribution in [0.4, 0.5) is 0 Å². The molecule has 2 amide bonds. The SMILES string of the molecule is CCS(=O)(=O)n1ccc2c(C(=O)NC(CC(C)C)C(=O)NCC#N)cccc21. The van der Waals surface area contributed by atoms with Gasteiger partial charge < -0.3 is 10.6 Å². The Bertz CT molecular complexity index is 1020. The quantitative estimate of drug-likeness (QED) is 0.648. The first-order valence-electron chi connectivity index (χ1n) is 9.00. The fraction of sp³-hybridized carbons (Fsp3) is 0.421. The second-order valence-electron chi connectivity index (χ2n) is 6.78. The first kappa shape index (κ1) is 21.4. The third-order valence-electron chi connectivity index (χ3n) is 4.28. The van der Waals surface area contributed by atoms with Gasteiger partial charge in [-0.05, 0) is 37.5 Å². The van der Waals surface area contributed by atoms with E-state index in [0.717, 1.165) is 3.97 Å². The lowest BCUT2D eigenvalue weighted by Crippen LogP contribution is -2.47. The molecule has 2 N–H and O–H groups in total. The van der Waals surface area contributed by atoms with Crippen LogP contribution in [-0.4, -0.2) is 42.5 Å². The van der Waals surface area contributed by atoms with E-state index in [1.807, 2.05) is 19.9 Å². The number of benzene rings is 1. The van der Waals surface area contributed by atoms with E-state index >= 15 is 0 Å². The Balaban J connectivity index is 2.36. The first-order valence-corrected chi connectivity index (χ1v) is 10.6. The standard InChI is InChI=1S/C19H24N4O4S/c1-4-28(26,27)23-11-8-14-15(6-5-7-17(14)23)18(24)22-16(12-13(2)3)19(25)21-10-9-20/h5-8,11,13,16H,4,10,12H2,1-3H3,(H,21,25)(H,22,24). The van der Waals surface area contributed by atoms with Crippen molar-refractivity contribution < 1.29 is 18.0 Å². The van der Waals surface area contributed by atoms with Gasteiger partial charge in [-0.1, -0.05) is 19.9 Å². The van der Waals surface area contributed by atoms with Gasteiger partial charge in [0.2, 0.25) is 15.9 Å². The summed E-state index contributed by atoms with van der Waals surface area (Å²) in [7, 11) is -3.50. The van der Waals surface area contributed by atoms with Crippen LogP contribution in [0.5, 0.6) is 0 Å². The van der Waals surface area contributed by atoms with Crippen LogP contribution in [0.25, 0.3) is 10.9 Å². The average molecular weight is 404 g/mol. The molecule has 0 bridgehead atoms. The molecule has 1 unspecified atom stereocenters. The maximum atomic E-state index is 12.8.